The molecule has 0 atom stereocenters. The Labute approximate surface area is 167 Å². The molecule has 0 aliphatic carbocycles. The maximum atomic E-state index is 13.0. The Morgan fingerprint density at radius 1 is 1.14 bits per heavy atom. The molecule has 0 bridgehead atoms. The zero-order chi connectivity index (χ0) is 20.3. The van der Waals surface area contributed by atoms with E-state index >= 15 is 0 Å². The van der Waals surface area contributed by atoms with Gasteiger partial charge in [0, 0.05) is 30.8 Å². The lowest BCUT2D eigenvalue weighted by molar-refractivity contribution is -0.384. The minimum atomic E-state index is -0.457. The number of para-hydroxylation sites is 1. The Kier molecular flexibility index (Phi) is 5.75. The summed E-state index contributed by atoms with van der Waals surface area (Å²) in [6.07, 6.45) is 0. The molecule has 28 heavy (non-hydrogen) atoms. The first kappa shape index (κ1) is 19.6. The van der Waals surface area contributed by atoms with Gasteiger partial charge in [0.05, 0.1) is 21.3 Å². The van der Waals surface area contributed by atoms with Gasteiger partial charge in [-0.3, -0.25) is 14.9 Å². The Balaban J connectivity index is 2.13. The SMILES string of the molecule is CCN(CC)C(=O)c1cc(-c2ccc([N+](=O)[O-])cc2)nn1-c1ccccc1Cl. The first-order chi connectivity index (χ1) is 13.5. The van der Waals surface area contributed by atoms with Crippen LogP contribution >= 0.6 is 11.6 Å². The number of halogens is 1. The maximum absolute atomic E-state index is 13.0. The molecule has 144 valence electrons. The third-order valence-corrected chi connectivity index (χ3v) is 4.75. The number of hydrogen-bond acceptors (Lipinski definition) is 4. The summed E-state index contributed by atoms with van der Waals surface area (Å²) in [5, 5.41) is 15.9. The number of hydrogen-bond donors (Lipinski definition) is 0. The number of nitrogens with zero attached hydrogens (tertiary/aromatic N) is 4. The summed E-state index contributed by atoms with van der Waals surface area (Å²) in [4.78, 5) is 25.2. The number of aromatic nitrogens is 2. The molecule has 0 spiro atoms. The van der Waals surface area contributed by atoms with Crippen molar-refractivity contribution < 1.29 is 9.72 Å². The second-order valence-corrected chi connectivity index (χ2v) is 6.47. The fourth-order valence-corrected chi connectivity index (χ4v) is 3.12. The van der Waals surface area contributed by atoms with Crippen molar-refractivity contribution >= 4 is 23.2 Å². The van der Waals surface area contributed by atoms with Crippen LogP contribution in [0.4, 0.5) is 5.69 Å². The van der Waals surface area contributed by atoms with Crippen LogP contribution in [0.3, 0.4) is 0 Å². The fraction of sp³-hybridized carbons (Fsp3) is 0.200. The van der Waals surface area contributed by atoms with Crippen LogP contribution in [-0.2, 0) is 0 Å². The number of non-ortho nitro benzene ring substituents is 1. The van der Waals surface area contributed by atoms with E-state index in [4.69, 9.17) is 11.6 Å². The number of rotatable bonds is 6. The quantitative estimate of drug-likeness (QED) is 0.449. The Morgan fingerprint density at radius 2 is 1.79 bits per heavy atom. The van der Waals surface area contributed by atoms with Crippen LogP contribution in [-0.4, -0.2) is 38.6 Å². The van der Waals surface area contributed by atoms with Crippen LogP contribution in [0.2, 0.25) is 5.02 Å². The van der Waals surface area contributed by atoms with E-state index in [0.29, 0.717) is 40.8 Å². The van der Waals surface area contributed by atoms with E-state index in [-0.39, 0.29) is 11.6 Å². The molecule has 3 rings (SSSR count). The fourth-order valence-electron chi connectivity index (χ4n) is 2.91. The van der Waals surface area contributed by atoms with Crippen molar-refractivity contribution in [3.8, 4) is 16.9 Å². The molecule has 3 aromatic rings. The first-order valence-electron chi connectivity index (χ1n) is 8.85. The second-order valence-electron chi connectivity index (χ2n) is 6.06. The highest BCUT2D eigenvalue weighted by atomic mass is 35.5. The van der Waals surface area contributed by atoms with Crippen molar-refractivity contribution in [2.45, 2.75) is 13.8 Å². The molecule has 8 heteroatoms. The van der Waals surface area contributed by atoms with Gasteiger partial charge in [-0.25, -0.2) is 4.68 Å². The average Bonchev–Trinajstić information content (AvgIpc) is 3.14. The molecule has 1 heterocycles. The minimum absolute atomic E-state index is 0.00581. The zero-order valence-electron chi connectivity index (χ0n) is 15.5. The summed E-state index contributed by atoms with van der Waals surface area (Å²) in [5.74, 6) is -0.161. The summed E-state index contributed by atoms with van der Waals surface area (Å²) in [5.41, 5.74) is 2.17. The molecule has 0 saturated carbocycles. The summed E-state index contributed by atoms with van der Waals surface area (Å²) < 4.78 is 1.53. The summed E-state index contributed by atoms with van der Waals surface area (Å²) >= 11 is 6.33. The van der Waals surface area contributed by atoms with E-state index in [0.717, 1.165) is 0 Å². The van der Waals surface area contributed by atoms with Gasteiger partial charge in [0.1, 0.15) is 5.69 Å². The van der Waals surface area contributed by atoms with E-state index in [9.17, 15) is 14.9 Å². The first-order valence-corrected chi connectivity index (χ1v) is 9.23. The topological polar surface area (TPSA) is 81.3 Å². The van der Waals surface area contributed by atoms with Gasteiger partial charge in [-0.1, -0.05) is 23.7 Å². The van der Waals surface area contributed by atoms with Crippen LogP contribution in [0.25, 0.3) is 16.9 Å². The minimum Gasteiger partial charge on any atom is -0.338 e. The van der Waals surface area contributed by atoms with E-state index < -0.39 is 4.92 Å². The van der Waals surface area contributed by atoms with Crippen LogP contribution < -0.4 is 0 Å². The third-order valence-electron chi connectivity index (χ3n) is 4.43. The van der Waals surface area contributed by atoms with E-state index in [1.165, 1.54) is 16.8 Å². The molecule has 7 nitrogen and oxygen atoms in total. The number of carbonyl (C=O) groups excluding carboxylic acids is 1. The van der Waals surface area contributed by atoms with Gasteiger partial charge in [-0.2, -0.15) is 5.10 Å². The molecule has 0 N–H and O–H groups in total. The average molecular weight is 399 g/mol. The van der Waals surface area contributed by atoms with Gasteiger partial charge in [0.15, 0.2) is 0 Å². The number of nitro benzene ring substituents is 1. The maximum Gasteiger partial charge on any atom is 0.272 e. The summed E-state index contributed by atoms with van der Waals surface area (Å²) in [6, 6.07) is 14.9. The van der Waals surface area contributed by atoms with Crippen molar-refractivity contribution in [1.29, 1.82) is 0 Å². The lowest BCUT2D eigenvalue weighted by Gasteiger charge is -2.19. The van der Waals surface area contributed by atoms with E-state index in [2.05, 4.69) is 5.10 Å². The molecule has 0 fully saturated rings. The van der Waals surface area contributed by atoms with Gasteiger partial charge in [-0.15, -0.1) is 0 Å². The Bertz CT molecular complexity index is 1010. The van der Waals surface area contributed by atoms with Gasteiger partial charge >= 0.3 is 0 Å². The van der Waals surface area contributed by atoms with Gasteiger partial charge in [0.25, 0.3) is 11.6 Å². The summed E-state index contributed by atoms with van der Waals surface area (Å²) in [7, 11) is 0. The van der Waals surface area contributed by atoms with Gasteiger partial charge in [0.2, 0.25) is 0 Å². The highest BCUT2D eigenvalue weighted by molar-refractivity contribution is 6.32. The predicted molar refractivity (Wildman–Crippen MR) is 108 cm³/mol. The lowest BCUT2D eigenvalue weighted by Crippen LogP contribution is -2.32. The molecule has 0 radical (unpaired) electrons. The second kappa shape index (κ2) is 8.22. The Hall–Kier alpha value is -3.19. The molecule has 1 aromatic heterocycles. The van der Waals surface area contributed by atoms with Crippen molar-refractivity contribution in [3.63, 3.8) is 0 Å². The molecule has 2 aromatic carbocycles. The van der Waals surface area contributed by atoms with E-state index in [1.54, 1.807) is 41.3 Å². The number of benzene rings is 2. The van der Waals surface area contributed by atoms with Crippen molar-refractivity contribution in [3.05, 3.63) is 75.4 Å². The van der Waals surface area contributed by atoms with Crippen LogP contribution in [0.1, 0.15) is 24.3 Å². The van der Waals surface area contributed by atoms with Crippen LogP contribution in [0, 0.1) is 10.1 Å². The molecule has 0 aliphatic heterocycles. The molecule has 0 unspecified atom stereocenters. The van der Waals surface area contributed by atoms with Gasteiger partial charge in [-0.05, 0) is 44.2 Å². The predicted octanol–water partition coefficient (Wildman–Crippen LogP) is 4.58. The van der Waals surface area contributed by atoms with E-state index in [1.807, 2.05) is 19.9 Å². The molecule has 0 aliphatic rings. The zero-order valence-corrected chi connectivity index (χ0v) is 16.3. The smallest absolute Gasteiger partial charge is 0.272 e. The summed E-state index contributed by atoms with van der Waals surface area (Å²) in [6.45, 7) is 4.95. The van der Waals surface area contributed by atoms with Crippen molar-refractivity contribution in [2.75, 3.05) is 13.1 Å². The van der Waals surface area contributed by atoms with Crippen molar-refractivity contribution in [1.82, 2.24) is 14.7 Å². The molecular formula is C20H19ClN4O3. The number of nitro groups is 1. The molecular weight excluding hydrogens is 380 g/mol. The highest BCUT2D eigenvalue weighted by Gasteiger charge is 2.22. The third kappa shape index (κ3) is 3.75. The standard InChI is InChI=1S/C20H19ClN4O3/c1-3-23(4-2)20(26)19-13-17(14-9-11-15(12-10-14)25(27)28)22-24(19)18-8-6-5-7-16(18)21/h5-13H,3-4H2,1-2H3. The van der Waals surface area contributed by atoms with Crippen molar-refractivity contribution in [2.24, 2.45) is 0 Å². The van der Waals surface area contributed by atoms with Gasteiger partial charge < -0.3 is 4.90 Å². The van der Waals surface area contributed by atoms with Crippen LogP contribution in [0.15, 0.2) is 54.6 Å². The number of carbonyl (C=O) groups is 1. The normalized spacial score (nSPS) is 10.7. The largest absolute Gasteiger partial charge is 0.338 e. The Morgan fingerprint density at radius 3 is 2.36 bits per heavy atom. The molecule has 0 saturated heterocycles. The highest BCUT2D eigenvalue weighted by Crippen LogP contribution is 2.27. The molecule has 1 amide bonds. The lowest BCUT2D eigenvalue weighted by atomic mass is 10.1. The monoisotopic (exact) mass is 398 g/mol. The van der Waals surface area contributed by atoms with Crippen LogP contribution in [0.5, 0.6) is 0 Å². The number of amides is 1.